The maximum atomic E-state index is 11.4. The van der Waals surface area contributed by atoms with Crippen LogP contribution >= 0.6 is 11.3 Å². The zero-order valence-electron chi connectivity index (χ0n) is 11.3. The minimum absolute atomic E-state index is 0.312. The van der Waals surface area contributed by atoms with Gasteiger partial charge in [-0.25, -0.2) is 4.79 Å². The van der Waals surface area contributed by atoms with Crippen LogP contribution in [0.15, 0.2) is 48.5 Å². The number of hydrogen-bond acceptors (Lipinski definition) is 4. The minimum Gasteiger partial charge on any atom is -0.497 e. The van der Waals surface area contributed by atoms with Gasteiger partial charge in [0.25, 0.3) is 0 Å². The third kappa shape index (κ3) is 2.55. The van der Waals surface area contributed by atoms with Crippen LogP contribution in [0.2, 0.25) is 0 Å². The molecular weight excluding hydrogens is 286 g/mol. The molecule has 2 N–H and O–H groups in total. The molecule has 3 rings (SSSR count). The average Bonchev–Trinajstić information content (AvgIpc) is 2.87. The van der Waals surface area contributed by atoms with Crippen LogP contribution in [0.4, 0.5) is 11.4 Å². The Bertz CT molecular complexity index is 793. The maximum Gasteiger partial charge on any atom is 0.348 e. The van der Waals surface area contributed by atoms with Crippen LogP contribution in [0.1, 0.15) is 9.67 Å². The minimum atomic E-state index is -0.924. The fraction of sp³-hybridized carbons (Fsp3) is 0.0625. The predicted molar refractivity (Wildman–Crippen MR) is 85.1 cm³/mol. The summed E-state index contributed by atoms with van der Waals surface area (Å²) in [7, 11) is 1.61. The molecule has 0 bridgehead atoms. The standard InChI is InChI=1S/C16H13NO3S/c1-20-11-8-6-10(7-9-11)17-14-12-4-2-3-5-13(12)21-15(14)16(18)19/h2-9,17H,1H3,(H,18,19). The molecule has 0 aliphatic carbocycles. The van der Waals surface area contributed by atoms with Gasteiger partial charge in [-0.15, -0.1) is 11.3 Å². The van der Waals surface area contributed by atoms with Crippen molar-refractivity contribution in [2.45, 2.75) is 0 Å². The van der Waals surface area contributed by atoms with Gasteiger partial charge in [0.2, 0.25) is 0 Å². The summed E-state index contributed by atoms with van der Waals surface area (Å²) in [6.45, 7) is 0. The molecule has 0 aliphatic rings. The molecule has 0 aliphatic heterocycles. The topological polar surface area (TPSA) is 58.6 Å². The Morgan fingerprint density at radius 3 is 2.52 bits per heavy atom. The van der Waals surface area contributed by atoms with Crippen LogP contribution in [0, 0.1) is 0 Å². The van der Waals surface area contributed by atoms with Crippen LogP contribution in [0.25, 0.3) is 10.1 Å². The number of anilines is 2. The van der Waals surface area contributed by atoms with Crippen molar-refractivity contribution in [3.8, 4) is 5.75 Å². The van der Waals surface area contributed by atoms with E-state index in [9.17, 15) is 9.90 Å². The van der Waals surface area contributed by atoms with E-state index in [4.69, 9.17) is 4.74 Å². The highest BCUT2D eigenvalue weighted by molar-refractivity contribution is 7.21. The molecule has 0 spiro atoms. The lowest BCUT2D eigenvalue weighted by Crippen LogP contribution is -1.98. The molecule has 0 saturated carbocycles. The van der Waals surface area contributed by atoms with Gasteiger partial charge < -0.3 is 15.2 Å². The van der Waals surface area contributed by atoms with Crippen molar-refractivity contribution in [3.05, 3.63) is 53.4 Å². The first-order chi connectivity index (χ1) is 10.2. The van der Waals surface area contributed by atoms with E-state index in [0.29, 0.717) is 10.6 Å². The highest BCUT2D eigenvalue weighted by Crippen LogP contribution is 2.37. The lowest BCUT2D eigenvalue weighted by Gasteiger charge is -2.08. The molecule has 0 atom stereocenters. The van der Waals surface area contributed by atoms with Gasteiger partial charge in [0, 0.05) is 15.8 Å². The van der Waals surface area contributed by atoms with Crippen molar-refractivity contribution in [2.24, 2.45) is 0 Å². The summed E-state index contributed by atoms with van der Waals surface area (Å²) in [5, 5.41) is 13.5. The van der Waals surface area contributed by atoms with Crippen molar-refractivity contribution in [1.82, 2.24) is 0 Å². The number of methoxy groups -OCH3 is 1. The Morgan fingerprint density at radius 1 is 1.14 bits per heavy atom. The van der Waals surface area contributed by atoms with E-state index >= 15 is 0 Å². The number of fused-ring (bicyclic) bond motifs is 1. The molecular formula is C16H13NO3S. The summed E-state index contributed by atoms with van der Waals surface area (Å²) in [6, 6.07) is 15.0. The number of rotatable bonds is 4. The average molecular weight is 299 g/mol. The first kappa shape index (κ1) is 13.5. The molecule has 0 amide bonds. The van der Waals surface area contributed by atoms with Crippen molar-refractivity contribution in [3.63, 3.8) is 0 Å². The molecule has 5 heteroatoms. The molecule has 0 radical (unpaired) electrons. The molecule has 106 valence electrons. The second-order valence-electron chi connectivity index (χ2n) is 4.46. The first-order valence-electron chi connectivity index (χ1n) is 6.35. The lowest BCUT2D eigenvalue weighted by molar-refractivity contribution is 0.0703. The summed E-state index contributed by atoms with van der Waals surface area (Å²) in [6.07, 6.45) is 0. The summed E-state index contributed by atoms with van der Waals surface area (Å²) in [4.78, 5) is 11.7. The van der Waals surface area contributed by atoms with Gasteiger partial charge in [-0.3, -0.25) is 0 Å². The van der Waals surface area contributed by atoms with E-state index in [1.165, 1.54) is 11.3 Å². The zero-order valence-corrected chi connectivity index (χ0v) is 12.1. The number of aromatic carboxylic acids is 1. The largest absolute Gasteiger partial charge is 0.497 e. The highest BCUT2D eigenvalue weighted by Gasteiger charge is 2.17. The van der Waals surface area contributed by atoms with Gasteiger partial charge in [0.1, 0.15) is 10.6 Å². The number of thiophene rings is 1. The maximum absolute atomic E-state index is 11.4. The second kappa shape index (κ2) is 5.46. The molecule has 1 aromatic heterocycles. The van der Waals surface area contributed by atoms with Crippen LogP contribution in [-0.2, 0) is 0 Å². The molecule has 4 nitrogen and oxygen atoms in total. The van der Waals surface area contributed by atoms with Gasteiger partial charge >= 0.3 is 5.97 Å². The van der Waals surface area contributed by atoms with Crippen LogP contribution < -0.4 is 10.1 Å². The third-order valence-corrected chi connectivity index (χ3v) is 4.31. The number of benzene rings is 2. The second-order valence-corrected chi connectivity index (χ2v) is 5.51. The van der Waals surface area contributed by atoms with Crippen LogP contribution in [-0.4, -0.2) is 18.2 Å². The Labute approximate surface area is 125 Å². The lowest BCUT2D eigenvalue weighted by atomic mass is 10.2. The molecule has 0 saturated heterocycles. The van der Waals surface area contributed by atoms with E-state index in [-0.39, 0.29) is 0 Å². The van der Waals surface area contributed by atoms with Gasteiger partial charge in [0.15, 0.2) is 0 Å². The summed E-state index contributed by atoms with van der Waals surface area (Å²) in [5.41, 5.74) is 1.45. The number of carboxylic acid groups (broad SMARTS) is 1. The van der Waals surface area contributed by atoms with Crippen molar-refractivity contribution >= 4 is 38.8 Å². The first-order valence-corrected chi connectivity index (χ1v) is 7.16. The van der Waals surface area contributed by atoms with Gasteiger partial charge in [-0.1, -0.05) is 18.2 Å². The number of carbonyl (C=O) groups is 1. The van der Waals surface area contributed by atoms with Crippen molar-refractivity contribution in [1.29, 1.82) is 0 Å². The molecule has 21 heavy (non-hydrogen) atoms. The number of ether oxygens (including phenoxy) is 1. The summed E-state index contributed by atoms with van der Waals surface area (Å²) < 4.78 is 6.07. The monoisotopic (exact) mass is 299 g/mol. The van der Waals surface area contributed by atoms with E-state index in [1.807, 2.05) is 48.5 Å². The predicted octanol–water partition coefficient (Wildman–Crippen LogP) is 4.35. The third-order valence-electron chi connectivity index (χ3n) is 3.15. The Morgan fingerprint density at radius 2 is 1.86 bits per heavy atom. The number of carboxylic acids is 1. The Kier molecular flexibility index (Phi) is 3.50. The fourth-order valence-electron chi connectivity index (χ4n) is 2.14. The number of hydrogen-bond donors (Lipinski definition) is 2. The molecule has 1 heterocycles. The molecule has 0 fully saturated rings. The smallest absolute Gasteiger partial charge is 0.348 e. The quantitative estimate of drug-likeness (QED) is 0.752. The summed E-state index contributed by atoms with van der Waals surface area (Å²) >= 11 is 1.27. The molecule has 2 aromatic carbocycles. The highest BCUT2D eigenvalue weighted by atomic mass is 32.1. The van der Waals surface area contributed by atoms with Crippen molar-refractivity contribution < 1.29 is 14.6 Å². The number of nitrogens with one attached hydrogen (secondary N) is 1. The van der Waals surface area contributed by atoms with Crippen LogP contribution in [0.5, 0.6) is 5.75 Å². The fourth-order valence-corrected chi connectivity index (χ4v) is 3.14. The van der Waals surface area contributed by atoms with Crippen LogP contribution in [0.3, 0.4) is 0 Å². The zero-order chi connectivity index (χ0) is 14.8. The molecule has 0 unspecified atom stereocenters. The van der Waals surface area contributed by atoms with Crippen molar-refractivity contribution in [2.75, 3.05) is 12.4 Å². The van der Waals surface area contributed by atoms with E-state index in [1.54, 1.807) is 7.11 Å². The Hall–Kier alpha value is -2.53. The summed E-state index contributed by atoms with van der Waals surface area (Å²) in [5.74, 6) is -0.165. The van der Waals surface area contributed by atoms with Gasteiger partial charge in [-0.2, -0.15) is 0 Å². The van der Waals surface area contributed by atoms with E-state index in [2.05, 4.69) is 5.32 Å². The Balaban J connectivity index is 2.05. The van der Waals surface area contributed by atoms with Gasteiger partial charge in [0.05, 0.1) is 12.8 Å². The van der Waals surface area contributed by atoms with Gasteiger partial charge in [-0.05, 0) is 30.3 Å². The molecule has 3 aromatic rings. The normalized spacial score (nSPS) is 10.5. The SMILES string of the molecule is COc1ccc(Nc2c(C(=O)O)sc3ccccc23)cc1. The van der Waals surface area contributed by atoms with E-state index in [0.717, 1.165) is 21.5 Å². The van der Waals surface area contributed by atoms with E-state index < -0.39 is 5.97 Å².